The Morgan fingerprint density at radius 2 is 2.15 bits per heavy atom. The van der Waals surface area contributed by atoms with Gasteiger partial charge in [0, 0.05) is 13.1 Å². The van der Waals surface area contributed by atoms with Gasteiger partial charge in [0.1, 0.15) is 5.75 Å². The molecule has 0 aliphatic carbocycles. The standard InChI is InChI=1S/C19H27F3N2O3/c1-4-14-11-24(8-9-26-14)16(5-2)18(25)23-15-7-6-13(3)10-17(15)27-12-19(20,21)22/h6-7,10,14,16H,4-5,8-9,11-12H2,1-3H3,(H,23,25)/t14-,16-/m1/s1. The number of carbonyl (C=O) groups excluding carboxylic acids is 1. The van der Waals surface area contributed by atoms with Crippen molar-refractivity contribution in [2.24, 2.45) is 0 Å². The zero-order valence-corrected chi connectivity index (χ0v) is 15.9. The van der Waals surface area contributed by atoms with Crippen LogP contribution in [0.4, 0.5) is 18.9 Å². The average Bonchev–Trinajstić information content (AvgIpc) is 2.62. The van der Waals surface area contributed by atoms with Crippen molar-refractivity contribution in [2.45, 2.75) is 51.9 Å². The molecule has 0 radical (unpaired) electrons. The normalized spacial score (nSPS) is 19.6. The summed E-state index contributed by atoms with van der Waals surface area (Å²) in [5, 5.41) is 2.74. The molecule has 0 bridgehead atoms. The van der Waals surface area contributed by atoms with E-state index in [0.29, 0.717) is 26.1 Å². The highest BCUT2D eigenvalue weighted by Gasteiger charge is 2.31. The van der Waals surface area contributed by atoms with Crippen LogP contribution in [-0.2, 0) is 9.53 Å². The predicted octanol–water partition coefficient (Wildman–Crippen LogP) is 3.76. The third-order valence-corrected chi connectivity index (χ3v) is 4.54. The summed E-state index contributed by atoms with van der Waals surface area (Å²) >= 11 is 0. The molecule has 0 aromatic heterocycles. The van der Waals surface area contributed by atoms with Crippen LogP contribution in [0.5, 0.6) is 5.75 Å². The fourth-order valence-corrected chi connectivity index (χ4v) is 3.11. The SMILES string of the molecule is CC[C@@H]1CN([C@H](CC)C(=O)Nc2ccc(C)cc2OCC(F)(F)F)CCO1. The average molecular weight is 388 g/mol. The molecule has 8 heteroatoms. The molecule has 1 amide bonds. The number of aryl methyl sites for hydroxylation is 1. The fourth-order valence-electron chi connectivity index (χ4n) is 3.11. The van der Waals surface area contributed by atoms with Gasteiger partial charge in [-0.05, 0) is 37.5 Å². The van der Waals surface area contributed by atoms with E-state index in [0.717, 1.165) is 12.0 Å². The van der Waals surface area contributed by atoms with Crippen LogP contribution in [0.1, 0.15) is 32.3 Å². The largest absolute Gasteiger partial charge is 0.482 e. The quantitative estimate of drug-likeness (QED) is 0.773. The van der Waals surface area contributed by atoms with Crippen molar-refractivity contribution < 1.29 is 27.4 Å². The number of nitrogens with zero attached hydrogens (tertiary/aromatic N) is 1. The number of hydrogen-bond donors (Lipinski definition) is 1. The minimum Gasteiger partial charge on any atom is -0.482 e. The molecule has 1 aliphatic heterocycles. The van der Waals surface area contributed by atoms with Gasteiger partial charge < -0.3 is 14.8 Å². The van der Waals surface area contributed by atoms with Crippen molar-refractivity contribution in [3.05, 3.63) is 23.8 Å². The van der Waals surface area contributed by atoms with Crippen LogP contribution in [0.2, 0.25) is 0 Å². The smallest absolute Gasteiger partial charge is 0.422 e. The molecule has 27 heavy (non-hydrogen) atoms. The Bertz CT molecular complexity index is 637. The lowest BCUT2D eigenvalue weighted by atomic mass is 10.1. The van der Waals surface area contributed by atoms with Crippen molar-refractivity contribution >= 4 is 11.6 Å². The van der Waals surface area contributed by atoms with Crippen molar-refractivity contribution in [3.8, 4) is 5.75 Å². The number of amides is 1. The summed E-state index contributed by atoms with van der Waals surface area (Å²) in [6.45, 7) is 6.16. The van der Waals surface area contributed by atoms with Crippen molar-refractivity contribution in [1.29, 1.82) is 0 Å². The van der Waals surface area contributed by atoms with E-state index < -0.39 is 12.8 Å². The zero-order chi connectivity index (χ0) is 20.0. The molecule has 2 rings (SSSR count). The van der Waals surface area contributed by atoms with E-state index in [1.54, 1.807) is 19.1 Å². The minimum atomic E-state index is -4.44. The Hall–Kier alpha value is -1.80. The summed E-state index contributed by atoms with van der Waals surface area (Å²) in [7, 11) is 0. The summed E-state index contributed by atoms with van der Waals surface area (Å²) in [5.74, 6) is -0.237. The summed E-state index contributed by atoms with van der Waals surface area (Å²) in [6.07, 6.45) is -2.90. The first kappa shape index (κ1) is 21.5. The first-order valence-electron chi connectivity index (χ1n) is 9.20. The number of carbonyl (C=O) groups is 1. The van der Waals surface area contributed by atoms with Gasteiger partial charge in [0.15, 0.2) is 6.61 Å². The van der Waals surface area contributed by atoms with Crippen LogP contribution in [0.25, 0.3) is 0 Å². The molecule has 0 spiro atoms. The summed E-state index contributed by atoms with van der Waals surface area (Å²) < 4.78 is 48.1. The summed E-state index contributed by atoms with van der Waals surface area (Å²) in [4.78, 5) is 14.9. The lowest BCUT2D eigenvalue weighted by molar-refractivity contribution is -0.153. The van der Waals surface area contributed by atoms with Crippen molar-refractivity contribution in [3.63, 3.8) is 0 Å². The lowest BCUT2D eigenvalue weighted by Gasteiger charge is -2.37. The first-order valence-corrected chi connectivity index (χ1v) is 9.20. The number of alkyl halides is 3. The predicted molar refractivity (Wildman–Crippen MR) is 97.0 cm³/mol. The second-order valence-electron chi connectivity index (χ2n) is 6.71. The van der Waals surface area contributed by atoms with Gasteiger partial charge in [-0.1, -0.05) is 19.9 Å². The molecule has 1 aromatic rings. The van der Waals surface area contributed by atoms with E-state index in [9.17, 15) is 18.0 Å². The Morgan fingerprint density at radius 1 is 1.41 bits per heavy atom. The molecule has 152 valence electrons. The molecule has 1 saturated heterocycles. The number of rotatable bonds is 7. The van der Waals surface area contributed by atoms with Crippen LogP contribution in [0.3, 0.4) is 0 Å². The summed E-state index contributed by atoms with van der Waals surface area (Å²) in [6, 6.07) is 4.41. The van der Waals surface area contributed by atoms with E-state index in [1.807, 2.05) is 13.8 Å². The minimum absolute atomic E-state index is 0.0175. The molecule has 0 unspecified atom stereocenters. The molecule has 5 nitrogen and oxygen atoms in total. The maximum Gasteiger partial charge on any atom is 0.422 e. The Labute approximate surface area is 157 Å². The van der Waals surface area contributed by atoms with Crippen LogP contribution >= 0.6 is 0 Å². The maximum absolute atomic E-state index is 12.8. The van der Waals surface area contributed by atoms with Crippen molar-refractivity contribution in [2.75, 3.05) is 31.6 Å². The Morgan fingerprint density at radius 3 is 2.78 bits per heavy atom. The van der Waals surface area contributed by atoms with Gasteiger partial charge in [0.2, 0.25) is 5.91 Å². The van der Waals surface area contributed by atoms with Crippen LogP contribution < -0.4 is 10.1 Å². The van der Waals surface area contributed by atoms with Crippen LogP contribution in [0.15, 0.2) is 18.2 Å². The number of hydrogen-bond acceptors (Lipinski definition) is 4. The van der Waals surface area contributed by atoms with E-state index in [-0.39, 0.29) is 29.5 Å². The highest BCUT2D eigenvalue weighted by molar-refractivity contribution is 5.96. The number of benzene rings is 1. The molecule has 1 fully saturated rings. The van der Waals surface area contributed by atoms with Gasteiger partial charge in [-0.15, -0.1) is 0 Å². The molecule has 2 atom stereocenters. The van der Waals surface area contributed by atoms with E-state index in [4.69, 9.17) is 9.47 Å². The number of halogens is 3. The molecule has 0 saturated carbocycles. The number of nitrogens with one attached hydrogen (secondary N) is 1. The van der Waals surface area contributed by atoms with Crippen molar-refractivity contribution in [1.82, 2.24) is 4.90 Å². The molecule has 1 N–H and O–H groups in total. The molecule has 1 aromatic carbocycles. The highest BCUT2D eigenvalue weighted by atomic mass is 19.4. The highest BCUT2D eigenvalue weighted by Crippen LogP contribution is 2.28. The molecular weight excluding hydrogens is 361 g/mol. The Kier molecular flexibility index (Phi) is 7.49. The topological polar surface area (TPSA) is 50.8 Å². The fraction of sp³-hybridized carbons (Fsp3) is 0.632. The monoisotopic (exact) mass is 388 g/mol. The van der Waals surface area contributed by atoms with Gasteiger partial charge in [0.25, 0.3) is 0 Å². The van der Waals surface area contributed by atoms with Gasteiger partial charge in [0.05, 0.1) is 24.4 Å². The van der Waals surface area contributed by atoms with Gasteiger partial charge >= 0.3 is 6.18 Å². The molecule has 1 aliphatic rings. The van der Waals surface area contributed by atoms with Gasteiger partial charge in [-0.25, -0.2) is 0 Å². The van der Waals surface area contributed by atoms with E-state index in [2.05, 4.69) is 10.2 Å². The van der Waals surface area contributed by atoms with E-state index in [1.165, 1.54) is 6.07 Å². The molecular formula is C19H27F3N2O3. The van der Waals surface area contributed by atoms with Gasteiger partial charge in [-0.2, -0.15) is 13.2 Å². The summed E-state index contributed by atoms with van der Waals surface area (Å²) in [5.41, 5.74) is 0.991. The zero-order valence-electron chi connectivity index (χ0n) is 15.9. The van der Waals surface area contributed by atoms with E-state index >= 15 is 0 Å². The van der Waals surface area contributed by atoms with Crippen LogP contribution in [0, 0.1) is 6.92 Å². The lowest BCUT2D eigenvalue weighted by Crippen LogP contribution is -2.51. The number of anilines is 1. The first-order chi connectivity index (χ1) is 12.7. The number of ether oxygens (including phenoxy) is 2. The number of morpholine rings is 1. The molecule has 1 heterocycles. The maximum atomic E-state index is 12.8. The second-order valence-corrected chi connectivity index (χ2v) is 6.71. The van der Waals surface area contributed by atoms with Gasteiger partial charge in [-0.3, -0.25) is 9.69 Å². The Balaban J connectivity index is 2.11. The third kappa shape index (κ3) is 6.39. The van der Waals surface area contributed by atoms with Crippen LogP contribution in [-0.4, -0.2) is 55.4 Å². The third-order valence-electron chi connectivity index (χ3n) is 4.54. The second kappa shape index (κ2) is 9.41.